The zero-order chi connectivity index (χ0) is 19.3. The first kappa shape index (κ1) is 19.5. The molecule has 2 unspecified atom stereocenters. The van der Waals surface area contributed by atoms with Gasteiger partial charge in [-0.25, -0.2) is 0 Å². The third kappa shape index (κ3) is 5.36. The van der Waals surface area contributed by atoms with Crippen LogP contribution in [0.25, 0.3) is 0 Å². The molecule has 144 valence electrons. The Morgan fingerprint density at radius 3 is 2.56 bits per heavy atom. The van der Waals surface area contributed by atoms with E-state index in [1.807, 2.05) is 57.3 Å². The van der Waals surface area contributed by atoms with Crippen LogP contribution < -0.4 is 5.32 Å². The van der Waals surface area contributed by atoms with Gasteiger partial charge in [0.1, 0.15) is 0 Å². The molecule has 2 aromatic heterocycles. The van der Waals surface area contributed by atoms with Crippen molar-refractivity contribution in [2.75, 3.05) is 13.1 Å². The van der Waals surface area contributed by atoms with Crippen molar-refractivity contribution in [2.45, 2.75) is 46.2 Å². The standard InChI is InChI=1S/C22H30N4O/c1-22(2,3)21(27)25-20(19-11-5-7-13-24-19)17-9-8-14-26(15-17)16-18-10-4-6-12-23-18/h4-7,10-13,17,20H,8-9,14-16H2,1-3H3,(H,25,27). The molecule has 3 rings (SSSR count). The number of piperidine rings is 1. The Balaban J connectivity index is 1.76. The van der Waals surface area contributed by atoms with E-state index in [9.17, 15) is 4.79 Å². The molecular formula is C22H30N4O. The van der Waals surface area contributed by atoms with Crippen molar-refractivity contribution in [1.82, 2.24) is 20.2 Å². The van der Waals surface area contributed by atoms with E-state index >= 15 is 0 Å². The maximum Gasteiger partial charge on any atom is 0.225 e. The van der Waals surface area contributed by atoms with Gasteiger partial charge in [-0.15, -0.1) is 0 Å². The van der Waals surface area contributed by atoms with E-state index in [1.54, 1.807) is 6.20 Å². The van der Waals surface area contributed by atoms with Crippen molar-refractivity contribution >= 4 is 5.91 Å². The van der Waals surface area contributed by atoms with Crippen LogP contribution in [0.3, 0.4) is 0 Å². The molecule has 0 spiro atoms. The summed E-state index contributed by atoms with van der Waals surface area (Å²) in [5.74, 6) is 0.406. The number of hydrogen-bond donors (Lipinski definition) is 1. The van der Waals surface area contributed by atoms with Crippen molar-refractivity contribution in [3.8, 4) is 0 Å². The molecule has 27 heavy (non-hydrogen) atoms. The predicted molar refractivity (Wildman–Crippen MR) is 107 cm³/mol. The van der Waals surface area contributed by atoms with Crippen LogP contribution in [0.5, 0.6) is 0 Å². The Morgan fingerprint density at radius 1 is 1.19 bits per heavy atom. The number of nitrogens with zero attached hydrogens (tertiary/aromatic N) is 3. The second kappa shape index (κ2) is 8.61. The van der Waals surface area contributed by atoms with Crippen molar-refractivity contribution < 1.29 is 4.79 Å². The van der Waals surface area contributed by atoms with Gasteiger partial charge in [0.15, 0.2) is 0 Å². The fourth-order valence-corrected chi connectivity index (χ4v) is 3.58. The van der Waals surface area contributed by atoms with Gasteiger partial charge in [-0.05, 0) is 49.6 Å². The monoisotopic (exact) mass is 366 g/mol. The zero-order valence-electron chi connectivity index (χ0n) is 16.6. The summed E-state index contributed by atoms with van der Waals surface area (Å²) in [7, 11) is 0. The number of amides is 1. The Morgan fingerprint density at radius 2 is 1.93 bits per heavy atom. The Kier molecular flexibility index (Phi) is 6.22. The summed E-state index contributed by atoms with van der Waals surface area (Å²) in [5.41, 5.74) is 1.61. The minimum atomic E-state index is -0.421. The molecule has 0 aromatic carbocycles. The molecule has 5 nitrogen and oxygen atoms in total. The summed E-state index contributed by atoms with van der Waals surface area (Å²) in [5, 5.41) is 3.28. The molecule has 0 saturated carbocycles. The molecule has 2 atom stereocenters. The van der Waals surface area contributed by atoms with E-state index in [-0.39, 0.29) is 11.9 Å². The maximum absolute atomic E-state index is 12.7. The van der Waals surface area contributed by atoms with Gasteiger partial charge >= 0.3 is 0 Å². The van der Waals surface area contributed by atoms with Gasteiger partial charge in [-0.1, -0.05) is 32.9 Å². The van der Waals surface area contributed by atoms with Crippen molar-refractivity contribution in [2.24, 2.45) is 11.3 Å². The summed E-state index contributed by atoms with van der Waals surface area (Å²) >= 11 is 0. The number of nitrogens with one attached hydrogen (secondary N) is 1. The number of carbonyl (C=O) groups is 1. The predicted octanol–water partition coefficient (Wildman–Crippen LogP) is 3.59. The quantitative estimate of drug-likeness (QED) is 0.878. The molecular weight excluding hydrogens is 336 g/mol. The lowest BCUT2D eigenvalue weighted by molar-refractivity contribution is -0.130. The van der Waals surface area contributed by atoms with Crippen LogP contribution in [0.2, 0.25) is 0 Å². The highest BCUT2D eigenvalue weighted by atomic mass is 16.2. The fourth-order valence-electron chi connectivity index (χ4n) is 3.58. The average molecular weight is 367 g/mol. The normalized spacial score (nSPS) is 19.4. The summed E-state index contributed by atoms with van der Waals surface area (Å²) in [6, 6.07) is 11.9. The Hall–Kier alpha value is -2.27. The Labute approximate surface area is 162 Å². The van der Waals surface area contributed by atoms with Crippen LogP contribution in [0.15, 0.2) is 48.8 Å². The van der Waals surface area contributed by atoms with Crippen molar-refractivity contribution in [3.63, 3.8) is 0 Å². The molecule has 1 aliphatic heterocycles. The lowest BCUT2D eigenvalue weighted by atomic mass is 9.86. The lowest BCUT2D eigenvalue weighted by Gasteiger charge is -2.37. The average Bonchev–Trinajstić information content (AvgIpc) is 2.67. The van der Waals surface area contributed by atoms with E-state index in [1.165, 1.54) is 0 Å². The van der Waals surface area contributed by atoms with Crippen molar-refractivity contribution in [3.05, 3.63) is 60.2 Å². The van der Waals surface area contributed by atoms with Gasteiger partial charge in [-0.2, -0.15) is 0 Å². The number of hydrogen-bond acceptors (Lipinski definition) is 4. The fraction of sp³-hybridized carbons (Fsp3) is 0.500. The van der Waals surface area contributed by atoms with E-state index in [0.29, 0.717) is 5.92 Å². The summed E-state index contributed by atoms with van der Waals surface area (Å²) < 4.78 is 0. The van der Waals surface area contributed by atoms with E-state index < -0.39 is 5.41 Å². The topological polar surface area (TPSA) is 58.1 Å². The Bertz CT molecular complexity index is 727. The number of carbonyl (C=O) groups excluding carboxylic acids is 1. The SMILES string of the molecule is CC(C)(C)C(=O)NC(c1ccccn1)C1CCCN(Cc2ccccn2)C1. The number of rotatable bonds is 5. The molecule has 1 N–H and O–H groups in total. The third-order valence-corrected chi connectivity index (χ3v) is 5.10. The molecule has 0 aliphatic carbocycles. The summed E-state index contributed by atoms with van der Waals surface area (Å²) in [4.78, 5) is 24.2. The minimum Gasteiger partial charge on any atom is -0.347 e. The number of pyridine rings is 2. The first-order valence-corrected chi connectivity index (χ1v) is 9.77. The highest BCUT2D eigenvalue weighted by molar-refractivity contribution is 5.81. The van der Waals surface area contributed by atoms with E-state index in [0.717, 1.165) is 43.9 Å². The maximum atomic E-state index is 12.7. The largest absolute Gasteiger partial charge is 0.347 e. The highest BCUT2D eigenvalue weighted by Gasteiger charge is 2.33. The van der Waals surface area contributed by atoms with Crippen LogP contribution in [-0.4, -0.2) is 33.9 Å². The van der Waals surface area contributed by atoms with Gasteiger partial charge in [0.2, 0.25) is 5.91 Å². The second-order valence-corrected chi connectivity index (χ2v) is 8.41. The van der Waals surface area contributed by atoms with Gasteiger partial charge in [0.25, 0.3) is 0 Å². The summed E-state index contributed by atoms with van der Waals surface area (Å²) in [6.45, 7) is 8.70. The van der Waals surface area contributed by atoms with Crippen molar-refractivity contribution in [1.29, 1.82) is 0 Å². The van der Waals surface area contributed by atoms with Gasteiger partial charge in [0, 0.05) is 30.9 Å². The first-order chi connectivity index (χ1) is 12.9. The molecule has 0 bridgehead atoms. The first-order valence-electron chi connectivity index (χ1n) is 9.77. The molecule has 1 aliphatic rings. The van der Waals surface area contributed by atoms with Crippen LogP contribution in [0.1, 0.15) is 51.0 Å². The number of likely N-dealkylation sites (tertiary alicyclic amines) is 1. The molecule has 3 heterocycles. The minimum absolute atomic E-state index is 0.0653. The van der Waals surface area contributed by atoms with Crippen LogP contribution in [0, 0.1) is 11.3 Å². The molecule has 2 aromatic rings. The molecule has 0 radical (unpaired) electrons. The third-order valence-electron chi connectivity index (χ3n) is 5.10. The van der Waals surface area contributed by atoms with Crippen LogP contribution >= 0.6 is 0 Å². The van der Waals surface area contributed by atoms with Crippen LogP contribution in [0.4, 0.5) is 0 Å². The second-order valence-electron chi connectivity index (χ2n) is 8.41. The lowest BCUT2D eigenvalue weighted by Crippen LogP contribution is -2.45. The van der Waals surface area contributed by atoms with Gasteiger partial charge in [-0.3, -0.25) is 19.7 Å². The van der Waals surface area contributed by atoms with Crippen LogP contribution in [-0.2, 0) is 11.3 Å². The molecule has 1 amide bonds. The molecule has 5 heteroatoms. The van der Waals surface area contributed by atoms with E-state index in [4.69, 9.17) is 0 Å². The zero-order valence-corrected chi connectivity index (χ0v) is 16.6. The summed E-state index contributed by atoms with van der Waals surface area (Å²) in [6.07, 6.45) is 5.85. The van der Waals surface area contributed by atoms with Gasteiger partial charge < -0.3 is 5.32 Å². The van der Waals surface area contributed by atoms with E-state index in [2.05, 4.69) is 26.3 Å². The number of aromatic nitrogens is 2. The molecule has 1 fully saturated rings. The smallest absolute Gasteiger partial charge is 0.225 e. The van der Waals surface area contributed by atoms with Gasteiger partial charge in [0.05, 0.1) is 17.4 Å². The molecule has 1 saturated heterocycles. The highest BCUT2D eigenvalue weighted by Crippen LogP contribution is 2.30.